The quantitative estimate of drug-likeness (QED) is 0.742. The zero-order valence-corrected chi connectivity index (χ0v) is 14.3. The zero-order valence-electron chi connectivity index (χ0n) is 13.4. The summed E-state index contributed by atoms with van der Waals surface area (Å²) in [6, 6.07) is 6.96. The molecule has 3 rings (SSSR count). The van der Waals surface area contributed by atoms with Crippen molar-refractivity contribution in [1.29, 1.82) is 0 Å². The number of carbonyl (C=O) groups is 2. The Morgan fingerprint density at radius 3 is 2.62 bits per heavy atom. The number of nitrogens with zero attached hydrogens (tertiary/aromatic N) is 2. The Labute approximate surface area is 144 Å². The third-order valence-corrected chi connectivity index (χ3v) is 4.68. The van der Waals surface area contributed by atoms with Gasteiger partial charge in [0.05, 0.1) is 6.61 Å². The number of nitrogens with one attached hydrogen (secondary N) is 1. The molecule has 1 aliphatic rings. The van der Waals surface area contributed by atoms with Crippen molar-refractivity contribution >= 4 is 28.2 Å². The van der Waals surface area contributed by atoms with Crippen LogP contribution in [0.5, 0.6) is 5.75 Å². The van der Waals surface area contributed by atoms with Crippen LogP contribution in [0.3, 0.4) is 0 Å². The van der Waals surface area contributed by atoms with Crippen molar-refractivity contribution in [2.24, 2.45) is 0 Å². The van der Waals surface area contributed by atoms with Gasteiger partial charge in [-0.3, -0.25) is 9.59 Å². The molecule has 6 nitrogen and oxygen atoms in total. The molecule has 1 aromatic carbocycles. The lowest BCUT2D eigenvalue weighted by molar-refractivity contribution is -0.116. The molecule has 1 aliphatic carbocycles. The molecule has 0 atom stereocenters. The minimum atomic E-state index is -0.215. The lowest BCUT2D eigenvalue weighted by atomic mass is 10.1. The van der Waals surface area contributed by atoms with Gasteiger partial charge >= 0.3 is 0 Å². The SMILES string of the molecule is CCOc1ccc(C(=O)CCC(=O)Nc2nnc(C3CC3)s2)cc1. The fourth-order valence-corrected chi connectivity index (χ4v) is 3.17. The molecule has 24 heavy (non-hydrogen) atoms. The molecule has 1 N–H and O–H groups in total. The van der Waals surface area contributed by atoms with E-state index >= 15 is 0 Å². The highest BCUT2D eigenvalue weighted by molar-refractivity contribution is 7.15. The summed E-state index contributed by atoms with van der Waals surface area (Å²) in [4.78, 5) is 24.1. The monoisotopic (exact) mass is 345 g/mol. The molecule has 1 aromatic heterocycles. The van der Waals surface area contributed by atoms with Crippen LogP contribution in [-0.4, -0.2) is 28.5 Å². The Morgan fingerprint density at radius 2 is 1.96 bits per heavy atom. The standard InChI is InChI=1S/C17H19N3O3S/c1-2-23-13-7-5-11(6-8-13)14(21)9-10-15(22)18-17-20-19-16(24-17)12-3-4-12/h5-8,12H,2-4,9-10H2,1H3,(H,18,20,22). The van der Waals surface area contributed by atoms with E-state index in [0.717, 1.165) is 23.6 Å². The molecule has 2 aromatic rings. The summed E-state index contributed by atoms with van der Waals surface area (Å²) < 4.78 is 5.34. The van der Waals surface area contributed by atoms with E-state index < -0.39 is 0 Å². The van der Waals surface area contributed by atoms with Gasteiger partial charge in [-0.15, -0.1) is 10.2 Å². The summed E-state index contributed by atoms with van der Waals surface area (Å²) >= 11 is 1.42. The van der Waals surface area contributed by atoms with Crippen molar-refractivity contribution in [3.63, 3.8) is 0 Å². The molecule has 0 radical (unpaired) electrons. The minimum absolute atomic E-state index is 0.0656. The van der Waals surface area contributed by atoms with Gasteiger partial charge in [-0.25, -0.2) is 0 Å². The number of hydrogen-bond donors (Lipinski definition) is 1. The summed E-state index contributed by atoms with van der Waals surface area (Å²) in [5, 5.41) is 12.2. The van der Waals surface area contributed by atoms with Crippen molar-refractivity contribution in [1.82, 2.24) is 10.2 Å². The van der Waals surface area contributed by atoms with Crippen LogP contribution in [0.1, 0.15) is 53.9 Å². The molecule has 126 valence electrons. The predicted octanol–water partition coefficient (Wildman–Crippen LogP) is 3.42. The maximum atomic E-state index is 12.1. The topological polar surface area (TPSA) is 81.2 Å². The molecule has 1 amide bonds. The highest BCUT2D eigenvalue weighted by Crippen LogP contribution is 2.42. The number of ketones is 1. The van der Waals surface area contributed by atoms with Crippen LogP contribution in [0.4, 0.5) is 5.13 Å². The van der Waals surface area contributed by atoms with E-state index in [1.54, 1.807) is 24.3 Å². The number of hydrogen-bond acceptors (Lipinski definition) is 6. The number of aromatic nitrogens is 2. The molecule has 7 heteroatoms. The minimum Gasteiger partial charge on any atom is -0.494 e. The molecule has 0 aliphatic heterocycles. The first kappa shape index (κ1) is 16.6. The number of anilines is 1. The van der Waals surface area contributed by atoms with E-state index in [2.05, 4.69) is 15.5 Å². The van der Waals surface area contributed by atoms with Gasteiger partial charge in [0.25, 0.3) is 0 Å². The molecule has 0 unspecified atom stereocenters. The van der Waals surface area contributed by atoms with Crippen molar-refractivity contribution in [3.05, 3.63) is 34.8 Å². The Morgan fingerprint density at radius 1 is 1.21 bits per heavy atom. The Kier molecular flexibility index (Phi) is 5.20. The van der Waals surface area contributed by atoms with Crippen molar-refractivity contribution in [2.75, 3.05) is 11.9 Å². The van der Waals surface area contributed by atoms with E-state index in [4.69, 9.17) is 4.74 Å². The fraction of sp³-hybridized carbons (Fsp3) is 0.412. The van der Waals surface area contributed by atoms with Crippen molar-refractivity contribution < 1.29 is 14.3 Å². The first-order valence-electron chi connectivity index (χ1n) is 8.05. The molecule has 1 heterocycles. The summed E-state index contributed by atoms with van der Waals surface area (Å²) in [5.41, 5.74) is 0.582. The van der Waals surface area contributed by atoms with Gasteiger partial charge in [0, 0.05) is 24.3 Å². The summed E-state index contributed by atoms with van der Waals surface area (Å²) in [6.45, 7) is 2.49. The molecule has 0 spiro atoms. The summed E-state index contributed by atoms with van der Waals surface area (Å²) in [6.07, 6.45) is 2.59. The number of benzene rings is 1. The zero-order chi connectivity index (χ0) is 16.9. The molecular weight excluding hydrogens is 326 g/mol. The van der Waals surface area contributed by atoms with Gasteiger partial charge < -0.3 is 10.1 Å². The highest BCUT2D eigenvalue weighted by atomic mass is 32.1. The van der Waals surface area contributed by atoms with Gasteiger partial charge in [-0.05, 0) is 44.0 Å². The largest absolute Gasteiger partial charge is 0.494 e. The van der Waals surface area contributed by atoms with Crippen LogP contribution < -0.4 is 10.1 Å². The number of Topliss-reactive ketones (excluding diaryl/α,β-unsaturated/α-hetero) is 1. The number of rotatable bonds is 8. The van der Waals surface area contributed by atoms with E-state index in [9.17, 15) is 9.59 Å². The lowest BCUT2D eigenvalue weighted by Gasteiger charge is -2.04. The highest BCUT2D eigenvalue weighted by Gasteiger charge is 2.27. The van der Waals surface area contributed by atoms with Gasteiger partial charge in [0.1, 0.15) is 10.8 Å². The average Bonchev–Trinajstić information content (AvgIpc) is 3.34. The maximum absolute atomic E-state index is 12.1. The molecule has 1 saturated carbocycles. The Bertz CT molecular complexity index is 723. The van der Waals surface area contributed by atoms with Crippen LogP contribution in [0.25, 0.3) is 0 Å². The van der Waals surface area contributed by atoms with Gasteiger partial charge in [-0.2, -0.15) is 0 Å². The third-order valence-electron chi connectivity index (χ3n) is 3.68. The second-order valence-corrected chi connectivity index (χ2v) is 6.66. The molecule has 0 saturated heterocycles. The number of ether oxygens (including phenoxy) is 1. The van der Waals surface area contributed by atoms with Crippen LogP contribution in [0, 0.1) is 0 Å². The number of carbonyl (C=O) groups excluding carboxylic acids is 2. The normalized spacial score (nSPS) is 13.5. The first-order valence-corrected chi connectivity index (χ1v) is 8.86. The van der Waals surface area contributed by atoms with Gasteiger partial charge in [0.15, 0.2) is 5.78 Å². The van der Waals surface area contributed by atoms with Crippen LogP contribution in [0.15, 0.2) is 24.3 Å². The second-order valence-electron chi connectivity index (χ2n) is 5.65. The second kappa shape index (κ2) is 7.53. The smallest absolute Gasteiger partial charge is 0.226 e. The van der Waals surface area contributed by atoms with Gasteiger partial charge in [-0.1, -0.05) is 11.3 Å². The summed E-state index contributed by atoms with van der Waals surface area (Å²) in [7, 11) is 0. The number of amides is 1. The van der Waals surface area contributed by atoms with Crippen LogP contribution in [0.2, 0.25) is 0 Å². The van der Waals surface area contributed by atoms with Crippen molar-refractivity contribution in [3.8, 4) is 5.75 Å². The van der Waals surface area contributed by atoms with E-state index in [-0.39, 0.29) is 24.5 Å². The van der Waals surface area contributed by atoms with E-state index in [1.807, 2.05) is 6.92 Å². The third kappa shape index (κ3) is 4.38. The molecule has 1 fully saturated rings. The van der Waals surface area contributed by atoms with Crippen LogP contribution >= 0.6 is 11.3 Å². The molecule has 0 bridgehead atoms. The Hall–Kier alpha value is -2.28. The van der Waals surface area contributed by atoms with E-state index in [1.165, 1.54) is 11.3 Å². The summed E-state index contributed by atoms with van der Waals surface area (Å²) in [5.74, 6) is 0.973. The maximum Gasteiger partial charge on any atom is 0.226 e. The molecular formula is C17H19N3O3S. The fourth-order valence-electron chi connectivity index (χ4n) is 2.24. The first-order chi connectivity index (χ1) is 11.7. The predicted molar refractivity (Wildman–Crippen MR) is 91.7 cm³/mol. The lowest BCUT2D eigenvalue weighted by Crippen LogP contribution is -2.13. The van der Waals surface area contributed by atoms with Gasteiger partial charge in [0.2, 0.25) is 11.0 Å². The average molecular weight is 345 g/mol. The van der Waals surface area contributed by atoms with E-state index in [0.29, 0.717) is 23.2 Å². The van der Waals surface area contributed by atoms with Crippen molar-refractivity contribution in [2.45, 2.75) is 38.5 Å². The Balaban J connectivity index is 1.46. The van der Waals surface area contributed by atoms with Crippen LogP contribution in [-0.2, 0) is 4.79 Å².